The highest BCUT2D eigenvalue weighted by molar-refractivity contribution is 7.12. The molecule has 1 rings (SSSR count). The van der Waals surface area contributed by atoms with Crippen LogP contribution in [0.1, 0.15) is 42.8 Å². The zero-order valence-corrected chi connectivity index (χ0v) is 10.3. The lowest BCUT2D eigenvalue weighted by Crippen LogP contribution is -1.73. The highest BCUT2D eigenvalue weighted by atomic mass is 32.1. The van der Waals surface area contributed by atoms with E-state index >= 15 is 0 Å². The highest BCUT2D eigenvalue weighted by Crippen LogP contribution is 2.20. The summed E-state index contributed by atoms with van der Waals surface area (Å²) in [5.41, 5.74) is 0.991. The Bertz CT molecular complexity index is 297. The lowest BCUT2D eigenvalue weighted by Gasteiger charge is -1.84. The maximum atomic E-state index is 4.30. The molecule has 0 aromatic carbocycles. The van der Waals surface area contributed by atoms with Crippen LogP contribution in [0.2, 0.25) is 0 Å². The van der Waals surface area contributed by atoms with Gasteiger partial charge in [-0.15, -0.1) is 11.3 Å². The van der Waals surface area contributed by atoms with E-state index in [1.807, 2.05) is 19.9 Å². The predicted octanol–water partition coefficient (Wildman–Crippen LogP) is 4.54. The fourth-order valence-electron chi connectivity index (χ4n) is 0.876. The van der Waals surface area contributed by atoms with Crippen LogP contribution in [0.25, 0.3) is 12.2 Å². The van der Waals surface area contributed by atoms with Gasteiger partial charge in [-0.05, 0) is 26.0 Å². The van der Waals surface area contributed by atoms with Crippen LogP contribution in [-0.2, 0) is 0 Å². The van der Waals surface area contributed by atoms with E-state index in [0.717, 1.165) is 10.7 Å². The van der Waals surface area contributed by atoms with Gasteiger partial charge in [0.15, 0.2) is 0 Å². The molecule has 0 N–H and O–H groups in total. The number of hydrogen-bond acceptors (Lipinski definition) is 2. The largest absolute Gasteiger partial charge is 0.242 e. The normalized spacial score (nSPS) is 9.71. The fraction of sp³-hybridized carbons (Fsp3) is 0.417. The van der Waals surface area contributed by atoms with Crippen molar-refractivity contribution >= 4 is 23.5 Å². The smallest absolute Gasteiger partial charge is 0.0907 e. The topological polar surface area (TPSA) is 12.9 Å². The summed E-state index contributed by atoms with van der Waals surface area (Å²) in [5, 5.41) is 1.09. The second-order valence-corrected chi connectivity index (χ2v) is 4.13. The van der Waals surface area contributed by atoms with Gasteiger partial charge in [0.1, 0.15) is 0 Å². The van der Waals surface area contributed by atoms with Crippen LogP contribution in [0.3, 0.4) is 0 Å². The molecule has 0 spiro atoms. The predicted molar refractivity (Wildman–Crippen MR) is 67.6 cm³/mol. The summed E-state index contributed by atoms with van der Waals surface area (Å²) in [6.45, 7) is 12.0. The molecule has 0 aliphatic rings. The number of nitrogens with zero attached hydrogens (tertiary/aromatic N) is 1. The van der Waals surface area contributed by atoms with Crippen LogP contribution < -0.4 is 0 Å². The van der Waals surface area contributed by atoms with E-state index in [9.17, 15) is 0 Å². The number of rotatable bonds is 2. The minimum Gasteiger partial charge on any atom is -0.242 e. The highest BCUT2D eigenvalue weighted by Gasteiger charge is 2.00. The van der Waals surface area contributed by atoms with Gasteiger partial charge in [0.25, 0.3) is 0 Å². The molecule has 0 amide bonds. The van der Waals surface area contributed by atoms with E-state index < -0.39 is 0 Å². The van der Waals surface area contributed by atoms with Crippen molar-refractivity contribution in [3.8, 4) is 0 Å². The van der Waals surface area contributed by atoms with Crippen molar-refractivity contribution < 1.29 is 0 Å². The third-order valence-electron chi connectivity index (χ3n) is 1.30. The van der Waals surface area contributed by atoms with Gasteiger partial charge in [0, 0.05) is 0 Å². The quantitative estimate of drug-likeness (QED) is 0.696. The molecule has 2 heteroatoms. The number of aromatic nitrogens is 1. The molecule has 14 heavy (non-hydrogen) atoms. The summed E-state index contributed by atoms with van der Waals surface area (Å²) in [7, 11) is 0. The zero-order valence-electron chi connectivity index (χ0n) is 9.50. The lowest BCUT2D eigenvalue weighted by atomic mass is 10.3. The molecular weight excluding hydrogens is 190 g/mol. The van der Waals surface area contributed by atoms with Crippen molar-refractivity contribution in [1.29, 1.82) is 0 Å². The summed E-state index contributed by atoms with van der Waals surface area (Å²) < 4.78 is 0. The second kappa shape index (κ2) is 7.51. The van der Waals surface area contributed by atoms with Gasteiger partial charge in [-0.1, -0.05) is 32.9 Å². The minimum atomic E-state index is 0.991. The van der Waals surface area contributed by atoms with Crippen molar-refractivity contribution in [1.82, 2.24) is 4.98 Å². The number of hydrogen-bond donors (Lipinski definition) is 0. The SMILES string of the molecule is C=Cc1nc(C)sc1/C=C\C.CCC. The van der Waals surface area contributed by atoms with Crippen LogP contribution >= 0.6 is 11.3 Å². The maximum Gasteiger partial charge on any atom is 0.0907 e. The van der Waals surface area contributed by atoms with Gasteiger partial charge in [0.2, 0.25) is 0 Å². The molecule has 0 aliphatic carbocycles. The van der Waals surface area contributed by atoms with E-state index in [2.05, 4.69) is 31.5 Å². The van der Waals surface area contributed by atoms with Gasteiger partial charge >= 0.3 is 0 Å². The number of aryl methyl sites for hydroxylation is 1. The Kier molecular flexibility index (Phi) is 7.03. The number of allylic oxidation sites excluding steroid dienone is 1. The van der Waals surface area contributed by atoms with Crippen molar-refractivity contribution in [3.63, 3.8) is 0 Å². The molecule has 0 bridgehead atoms. The van der Waals surface area contributed by atoms with Crippen molar-refractivity contribution in [2.45, 2.75) is 34.1 Å². The van der Waals surface area contributed by atoms with E-state index in [-0.39, 0.29) is 0 Å². The summed E-state index contributed by atoms with van der Waals surface area (Å²) in [4.78, 5) is 5.49. The van der Waals surface area contributed by atoms with Crippen LogP contribution in [0.15, 0.2) is 12.7 Å². The molecule has 0 saturated heterocycles. The first kappa shape index (κ1) is 13.1. The van der Waals surface area contributed by atoms with Crippen LogP contribution in [-0.4, -0.2) is 4.98 Å². The van der Waals surface area contributed by atoms with E-state index in [0.29, 0.717) is 0 Å². The molecule has 1 aromatic heterocycles. The first-order chi connectivity index (χ1) is 6.69. The average molecular weight is 209 g/mol. The molecule has 1 heterocycles. The summed E-state index contributed by atoms with van der Waals surface area (Å²) in [5.74, 6) is 0. The van der Waals surface area contributed by atoms with Gasteiger partial charge in [-0.25, -0.2) is 4.98 Å². The Morgan fingerprint density at radius 3 is 2.43 bits per heavy atom. The van der Waals surface area contributed by atoms with Gasteiger partial charge in [0.05, 0.1) is 15.6 Å². The fourth-order valence-corrected chi connectivity index (χ4v) is 1.78. The standard InChI is InChI=1S/C9H11NS.C3H8/c1-4-6-9-8(5-2)10-7(3)11-9;1-3-2/h4-6H,2H2,1,3H3;3H2,1-2H3/b6-4-;. The maximum absolute atomic E-state index is 4.30. The molecule has 1 nitrogen and oxygen atoms in total. The Labute approximate surface area is 91.2 Å². The Hall–Kier alpha value is -0.890. The molecule has 0 saturated carbocycles. The van der Waals surface area contributed by atoms with Crippen molar-refractivity contribution in [2.24, 2.45) is 0 Å². The molecule has 0 fully saturated rings. The molecule has 0 unspecified atom stereocenters. The minimum absolute atomic E-state index is 0.991. The zero-order chi connectivity index (χ0) is 11.0. The van der Waals surface area contributed by atoms with Crippen molar-refractivity contribution in [3.05, 3.63) is 28.2 Å². The molecule has 0 radical (unpaired) electrons. The molecule has 0 atom stereocenters. The van der Waals surface area contributed by atoms with E-state index in [4.69, 9.17) is 0 Å². The van der Waals surface area contributed by atoms with Crippen LogP contribution in [0.5, 0.6) is 0 Å². The van der Waals surface area contributed by atoms with Gasteiger partial charge < -0.3 is 0 Å². The summed E-state index contributed by atoms with van der Waals surface area (Å²) in [6, 6.07) is 0. The van der Waals surface area contributed by atoms with Gasteiger partial charge in [-0.2, -0.15) is 0 Å². The van der Waals surface area contributed by atoms with Crippen LogP contribution in [0, 0.1) is 6.92 Å². The molecular formula is C12H19NS. The molecule has 1 aromatic rings. The Balaban J connectivity index is 0.000000500. The molecule has 78 valence electrons. The average Bonchev–Trinajstić information content (AvgIpc) is 2.48. The Morgan fingerprint density at radius 1 is 1.43 bits per heavy atom. The van der Waals surface area contributed by atoms with Crippen molar-refractivity contribution in [2.75, 3.05) is 0 Å². The Morgan fingerprint density at radius 2 is 2.00 bits per heavy atom. The summed E-state index contributed by atoms with van der Waals surface area (Å²) >= 11 is 1.69. The third-order valence-corrected chi connectivity index (χ3v) is 2.25. The second-order valence-electron chi connectivity index (χ2n) is 2.89. The summed E-state index contributed by atoms with van der Waals surface area (Å²) in [6.07, 6.45) is 7.11. The van der Waals surface area contributed by atoms with E-state index in [1.165, 1.54) is 11.3 Å². The molecule has 0 aliphatic heterocycles. The number of thiazole rings is 1. The first-order valence-electron chi connectivity index (χ1n) is 4.92. The third kappa shape index (κ3) is 4.38. The van der Waals surface area contributed by atoms with E-state index in [1.54, 1.807) is 17.4 Å². The van der Waals surface area contributed by atoms with Crippen LogP contribution in [0.4, 0.5) is 0 Å². The monoisotopic (exact) mass is 209 g/mol. The lowest BCUT2D eigenvalue weighted by molar-refractivity contribution is 1.09. The van der Waals surface area contributed by atoms with Gasteiger partial charge in [-0.3, -0.25) is 0 Å². The first-order valence-corrected chi connectivity index (χ1v) is 5.73.